The molecule has 1 aliphatic heterocycles. The van der Waals surface area contributed by atoms with Crippen LogP contribution in [-0.2, 0) is 13.1 Å². The van der Waals surface area contributed by atoms with Gasteiger partial charge in [0.15, 0.2) is 5.96 Å². The van der Waals surface area contributed by atoms with Crippen molar-refractivity contribution in [1.82, 2.24) is 25.1 Å². The topological polar surface area (TPSA) is 66.7 Å². The number of imidazole rings is 1. The number of hydrogen-bond acceptors (Lipinski definition) is 4. The third-order valence-corrected chi connectivity index (χ3v) is 6.17. The molecule has 1 atom stereocenters. The quantitative estimate of drug-likeness (QED) is 0.389. The Kier molecular flexibility index (Phi) is 7.98. The molecule has 0 bridgehead atoms. The van der Waals surface area contributed by atoms with Gasteiger partial charge in [0.2, 0.25) is 0 Å². The number of aromatic nitrogens is 2. The van der Waals surface area contributed by atoms with Crippen molar-refractivity contribution in [2.45, 2.75) is 32.0 Å². The lowest BCUT2D eigenvalue weighted by Gasteiger charge is -2.30. The molecule has 33 heavy (non-hydrogen) atoms. The first-order chi connectivity index (χ1) is 16.3. The third kappa shape index (κ3) is 6.14. The van der Waals surface area contributed by atoms with Gasteiger partial charge in [0.25, 0.3) is 0 Å². The molecule has 0 spiro atoms. The number of methoxy groups -OCH3 is 1. The summed E-state index contributed by atoms with van der Waals surface area (Å²) in [7, 11) is 3.56. The van der Waals surface area contributed by atoms with Gasteiger partial charge in [0.1, 0.15) is 5.75 Å². The smallest absolute Gasteiger partial charge is 0.191 e. The Hall–Kier alpha value is -3.32. The minimum atomic E-state index is 0.240. The zero-order valence-corrected chi connectivity index (χ0v) is 19.6. The highest BCUT2D eigenvalue weighted by molar-refractivity contribution is 5.79. The molecule has 0 radical (unpaired) electrons. The summed E-state index contributed by atoms with van der Waals surface area (Å²) >= 11 is 0. The summed E-state index contributed by atoms with van der Waals surface area (Å²) in [6, 6.07) is 17.2. The lowest BCUT2D eigenvalue weighted by Crippen LogP contribution is -2.42. The second-order valence-corrected chi connectivity index (χ2v) is 8.36. The van der Waals surface area contributed by atoms with Gasteiger partial charge in [-0.3, -0.25) is 9.89 Å². The molecule has 4 rings (SSSR count). The van der Waals surface area contributed by atoms with Crippen molar-refractivity contribution in [1.29, 1.82) is 0 Å². The van der Waals surface area contributed by atoms with Crippen LogP contribution in [0.15, 0.2) is 72.2 Å². The average molecular weight is 447 g/mol. The fraction of sp³-hybridized carbons (Fsp3) is 0.385. The Labute approximate surface area is 196 Å². The Morgan fingerprint density at radius 2 is 1.82 bits per heavy atom. The summed E-state index contributed by atoms with van der Waals surface area (Å²) in [4.78, 5) is 11.1. The molecular weight excluding hydrogens is 412 g/mol. The van der Waals surface area contributed by atoms with Crippen LogP contribution in [0.2, 0.25) is 0 Å². The molecule has 2 N–H and O–H groups in total. The molecule has 1 fully saturated rings. The molecule has 174 valence electrons. The van der Waals surface area contributed by atoms with Gasteiger partial charge in [-0.2, -0.15) is 0 Å². The van der Waals surface area contributed by atoms with E-state index in [0.29, 0.717) is 6.54 Å². The normalized spacial score (nSPS) is 15.4. The predicted molar refractivity (Wildman–Crippen MR) is 133 cm³/mol. The lowest BCUT2D eigenvalue weighted by atomic mass is 10.0. The maximum Gasteiger partial charge on any atom is 0.191 e. The zero-order chi connectivity index (χ0) is 22.9. The molecule has 0 amide bonds. The first kappa shape index (κ1) is 22.9. The lowest BCUT2D eigenvalue weighted by molar-refractivity contribution is 0.239. The molecule has 0 saturated carbocycles. The number of aliphatic imine (C=N–C) groups is 1. The monoisotopic (exact) mass is 446 g/mol. The van der Waals surface area contributed by atoms with Gasteiger partial charge in [0.05, 0.1) is 19.5 Å². The molecule has 1 aromatic heterocycles. The highest BCUT2D eigenvalue weighted by atomic mass is 16.5. The molecule has 1 saturated heterocycles. The van der Waals surface area contributed by atoms with E-state index in [2.05, 4.69) is 66.5 Å². The maximum absolute atomic E-state index is 5.66. The summed E-state index contributed by atoms with van der Waals surface area (Å²) in [5, 5.41) is 6.99. The average Bonchev–Trinajstić information content (AvgIpc) is 3.57. The maximum atomic E-state index is 5.66. The fourth-order valence-corrected chi connectivity index (χ4v) is 4.38. The molecular formula is C26H34N6O. The summed E-state index contributed by atoms with van der Waals surface area (Å²) in [6.45, 7) is 4.54. The SMILES string of the molecule is CN=C(NCc1ccc(Cn2ccnc2)cc1)NCC(c1ccccc1OC)N1CCCC1. The molecule has 2 aromatic carbocycles. The van der Waals surface area contributed by atoms with Gasteiger partial charge in [-0.15, -0.1) is 0 Å². The Balaban J connectivity index is 1.34. The van der Waals surface area contributed by atoms with Gasteiger partial charge < -0.3 is 19.9 Å². The van der Waals surface area contributed by atoms with Crippen LogP contribution in [-0.4, -0.2) is 54.2 Å². The fourth-order valence-electron chi connectivity index (χ4n) is 4.38. The highest BCUT2D eigenvalue weighted by Crippen LogP contribution is 2.31. The Morgan fingerprint density at radius 3 is 2.52 bits per heavy atom. The first-order valence-corrected chi connectivity index (χ1v) is 11.6. The Bertz CT molecular complexity index is 1010. The Morgan fingerprint density at radius 1 is 1.06 bits per heavy atom. The molecule has 1 aliphatic rings. The van der Waals surface area contributed by atoms with Crippen molar-refractivity contribution in [3.63, 3.8) is 0 Å². The van der Waals surface area contributed by atoms with Crippen LogP contribution in [0.4, 0.5) is 0 Å². The van der Waals surface area contributed by atoms with Crippen LogP contribution >= 0.6 is 0 Å². The van der Waals surface area contributed by atoms with E-state index < -0.39 is 0 Å². The second kappa shape index (κ2) is 11.5. The van der Waals surface area contributed by atoms with Crippen molar-refractivity contribution < 1.29 is 4.74 Å². The van der Waals surface area contributed by atoms with E-state index >= 15 is 0 Å². The summed E-state index contributed by atoms with van der Waals surface area (Å²) in [6.07, 6.45) is 8.11. The van der Waals surface area contributed by atoms with E-state index in [4.69, 9.17) is 4.74 Å². The third-order valence-electron chi connectivity index (χ3n) is 6.17. The van der Waals surface area contributed by atoms with Crippen molar-refractivity contribution in [3.05, 3.63) is 83.9 Å². The van der Waals surface area contributed by atoms with Crippen molar-refractivity contribution in [2.24, 2.45) is 4.99 Å². The standard InChI is InChI=1S/C26H34N6O/c1-27-26(29-17-21-9-11-22(12-10-21)19-31-16-13-28-20-31)30-18-24(32-14-5-6-15-32)23-7-3-4-8-25(23)33-2/h3-4,7-13,16,20,24H,5-6,14-15,17-19H2,1-2H3,(H2,27,29,30). The van der Waals surface area contributed by atoms with Gasteiger partial charge in [-0.05, 0) is 43.1 Å². The van der Waals surface area contributed by atoms with Crippen molar-refractivity contribution in [2.75, 3.05) is 33.8 Å². The van der Waals surface area contributed by atoms with Gasteiger partial charge in [0, 0.05) is 44.6 Å². The van der Waals surface area contributed by atoms with Crippen molar-refractivity contribution in [3.8, 4) is 5.75 Å². The van der Waals surface area contributed by atoms with E-state index in [-0.39, 0.29) is 6.04 Å². The number of rotatable bonds is 9. The van der Waals surface area contributed by atoms with E-state index in [1.54, 1.807) is 13.3 Å². The van der Waals surface area contributed by atoms with Crippen LogP contribution < -0.4 is 15.4 Å². The predicted octanol–water partition coefficient (Wildman–Crippen LogP) is 3.44. The minimum Gasteiger partial charge on any atom is -0.496 e. The largest absolute Gasteiger partial charge is 0.496 e. The van der Waals surface area contributed by atoms with Crippen LogP contribution in [0.25, 0.3) is 0 Å². The van der Waals surface area contributed by atoms with E-state index in [1.165, 1.54) is 29.5 Å². The molecule has 7 nitrogen and oxygen atoms in total. The van der Waals surface area contributed by atoms with Gasteiger partial charge in [-0.1, -0.05) is 42.5 Å². The molecule has 0 aliphatic carbocycles. The van der Waals surface area contributed by atoms with Crippen LogP contribution in [0.1, 0.15) is 35.6 Å². The van der Waals surface area contributed by atoms with E-state index in [0.717, 1.165) is 37.9 Å². The van der Waals surface area contributed by atoms with Crippen LogP contribution in [0.5, 0.6) is 5.75 Å². The summed E-state index contributed by atoms with van der Waals surface area (Å²) in [5.41, 5.74) is 3.69. The van der Waals surface area contributed by atoms with Crippen LogP contribution in [0.3, 0.4) is 0 Å². The highest BCUT2D eigenvalue weighted by Gasteiger charge is 2.26. The van der Waals surface area contributed by atoms with E-state index in [9.17, 15) is 0 Å². The van der Waals surface area contributed by atoms with Gasteiger partial charge in [-0.25, -0.2) is 4.98 Å². The summed E-state index contributed by atoms with van der Waals surface area (Å²) in [5.74, 6) is 1.74. The number of hydrogen-bond donors (Lipinski definition) is 2. The first-order valence-electron chi connectivity index (χ1n) is 11.6. The molecule has 1 unspecified atom stereocenters. The van der Waals surface area contributed by atoms with E-state index in [1.807, 2.05) is 31.7 Å². The molecule has 2 heterocycles. The van der Waals surface area contributed by atoms with Gasteiger partial charge >= 0.3 is 0 Å². The number of likely N-dealkylation sites (tertiary alicyclic amines) is 1. The number of guanidine groups is 1. The number of nitrogens with zero attached hydrogens (tertiary/aromatic N) is 4. The summed E-state index contributed by atoms with van der Waals surface area (Å²) < 4.78 is 7.73. The number of ether oxygens (including phenoxy) is 1. The van der Waals surface area contributed by atoms with Crippen molar-refractivity contribution >= 4 is 5.96 Å². The number of para-hydroxylation sites is 1. The zero-order valence-electron chi connectivity index (χ0n) is 19.6. The van der Waals surface area contributed by atoms with Crippen LogP contribution in [0, 0.1) is 0 Å². The molecule has 7 heteroatoms. The second-order valence-electron chi connectivity index (χ2n) is 8.36. The molecule has 3 aromatic rings. The number of nitrogens with one attached hydrogen (secondary N) is 2. The minimum absolute atomic E-state index is 0.240. The number of benzene rings is 2.